The maximum Gasteiger partial charge on any atom is 0.193 e. The summed E-state index contributed by atoms with van der Waals surface area (Å²) in [6, 6.07) is 9.79. The van der Waals surface area contributed by atoms with Gasteiger partial charge in [-0.2, -0.15) is 0 Å². The van der Waals surface area contributed by atoms with Crippen molar-refractivity contribution in [3.63, 3.8) is 0 Å². The number of carbonyl (C=O) groups is 1. The molecule has 0 radical (unpaired) electrons. The van der Waals surface area contributed by atoms with E-state index < -0.39 is 0 Å². The molecule has 0 spiro atoms. The first-order valence-electron chi connectivity index (χ1n) is 7.75. The monoisotopic (exact) mass is 298 g/mol. The number of phenolic OH excluding ortho intramolecular Hbond substituents is 2. The zero-order chi connectivity index (χ0) is 16.1. The lowest BCUT2D eigenvalue weighted by molar-refractivity contribution is 0.103. The second-order valence-corrected chi connectivity index (χ2v) is 5.51. The molecule has 0 saturated carbocycles. The predicted octanol–water partition coefficient (Wildman–Crippen LogP) is 4.23. The Morgan fingerprint density at radius 2 is 1.23 bits per heavy atom. The van der Waals surface area contributed by atoms with Gasteiger partial charge in [-0.3, -0.25) is 4.79 Å². The van der Waals surface area contributed by atoms with Crippen LogP contribution in [0, 0.1) is 0 Å². The standard InChI is InChI=1S/C19H22O3/c1-3-5-13-11-15(20)7-9-17(13)19(22)18-10-8-16(21)12-14(18)6-4-2/h7-12,20-21H,3-6H2,1-2H3. The molecule has 2 aromatic rings. The van der Waals surface area contributed by atoms with Crippen molar-refractivity contribution < 1.29 is 15.0 Å². The van der Waals surface area contributed by atoms with Gasteiger partial charge in [0.15, 0.2) is 5.78 Å². The van der Waals surface area contributed by atoms with Crippen LogP contribution in [0.3, 0.4) is 0 Å². The molecule has 2 rings (SSSR count). The van der Waals surface area contributed by atoms with Gasteiger partial charge in [0.2, 0.25) is 0 Å². The Balaban J connectivity index is 2.48. The van der Waals surface area contributed by atoms with Gasteiger partial charge in [0.1, 0.15) is 11.5 Å². The van der Waals surface area contributed by atoms with Gasteiger partial charge in [0.05, 0.1) is 0 Å². The summed E-state index contributed by atoms with van der Waals surface area (Å²) in [5.41, 5.74) is 2.98. The molecule has 3 heteroatoms. The van der Waals surface area contributed by atoms with Crippen molar-refractivity contribution in [2.75, 3.05) is 0 Å². The lowest BCUT2D eigenvalue weighted by Crippen LogP contribution is -2.08. The molecular weight excluding hydrogens is 276 g/mol. The summed E-state index contributed by atoms with van der Waals surface area (Å²) in [7, 11) is 0. The Labute approximate surface area is 131 Å². The number of benzene rings is 2. The third-order valence-electron chi connectivity index (χ3n) is 3.71. The summed E-state index contributed by atoms with van der Waals surface area (Å²) < 4.78 is 0. The molecule has 2 aromatic carbocycles. The molecule has 0 aliphatic carbocycles. The Morgan fingerprint density at radius 3 is 1.59 bits per heavy atom. The zero-order valence-electron chi connectivity index (χ0n) is 13.1. The Hall–Kier alpha value is -2.29. The first-order valence-corrected chi connectivity index (χ1v) is 7.75. The van der Waals surface area contributed by atoms with Crippen LogP contribution in [0.2, 0.25) is 0 Å². The highest BCUT2D eigenvalue weighted by molar-refractivity contribution is 6.11. The van der Waals surface area contributed by atoms with E-state index in [1.807, 2.05) is 13.8 Å². The van der Waals surface area contributed by atoms with Crippen LogP contribution in [0.5, 0.6) is 11.5 Å². The average Bonchev–Trinajstić information content (AvgIpc) is 2.48. The molecule has 0 fully saturated rings. The highest BCUT2D eigenvalue weighted by Crippen LogP contribution is 2.25. The molecule has 0 aliphatic rings. The third-order valence-corrected chi connectivity index (χ3v) is 3.71. The smallest absolute Gasteiger partial charge is 0.193 e. The van der Waals surface area contributed by atoms with E-state index in [1.165, 1.54) is 0 Å². The molecule has 0 aromatic heterocycles. The van der Waals surface area contributed by atoms with Crippen molar-refractivity contribution in [3.8, 4) is 11.5 Å². The van der Waals surface area contributed by atoms with E-state index in [9.17, 15) is 15.0 Å². The normalized spacial score (nSPS) is 10.6. The van der Waals surface area contributed by atoms with Gasteiger partial charge in [-0.1, -0.05) is 26.7 Å². The van der Waals surface area contributed by atoms with Crippen LogP contribution >= 0.6 is 0 Å². The predicted molar refractivity (Wildman–Crippen MR) is 87.6 cm³/mol. The molecule has 2 N–H and O–H groups in total. The maximum atomic E-state index is 12.9. The van der Waals surface area contributed by atoms with E-state index in [2.05, 4.69) is 0 Å². The van der Waals surface area contributed by atoms with Gasteiger partial charge >= 0.3 is 0 Å². The molecule has 3 nitrogen and oxygen atoms in total. The molecule has 116 valence electrons. The van der Waals surface area contributed by atoms with Gasteiger partial charge in [0, 0.05) is 11.1 Å². The van der Waals surface area contributed by atoms with Gasteiger partial charge in [-0.25, -0.2) is 0 Å². The molecule has 22 heavy (non-hydrogen) atoms. The van der Waals surface area contributed by atoms with Gasteiger partial charge in [-0.05, 0) is 60.4 Å². The maximum absolute atomic E-state index is 12.9. The van der Waals surface area contributed by atoms with E-state index in [-0.39, 0.29) is 17.3 Å². The lowest BCUT2D eigenvalue weighted by atomic mass is 9.92. The van der Waals surface area contributed by atoms with E-state index in [4.69, 9.17) is 0 Å². The van der Waals surface area contributed by atoms with Crippen LogP contribution in [0.15, 0.2) is 36.4 Å². The SMILES string of the molecule is CCCc1cc(O)ccc1C(=O)c1ccc(O)cc1CCC. The number of aryl methyl sites for hydroxylation is 2. The minimum Gasteiger partial charge on any atom is -0.508 e. The van der Waals surface area contributed by atoms with Crippen LogP contribution < -0.4 is 0 Å². The molecule has 0 bridgehead atoms. The van der Waals surface area contributed by atoms with Crippen molar-refractivity contribution in [2.45, 2.75) is 39.5 Å². The molecule has 0 heterocycles. The number of hydrogen-bond acceptors (Lipinski definition) is 3. The van der Waals surface area contributed by atoms with Gasteiger partial charge in [-0.15, -0.1) is 0 Å². The van der Waals surface area contributed by atoms with Crippen LogP contribution in [0.1, 0.15) is 53.7 Å². The Kier molecular flexibility index (Phi) is 5.21. The zero-order valence-corrected chi connectivity index (χ0v) is 13.1. The molecule has 0 aliphatic heterocycles. The summed E-state index contributed by atoms with van der Waals surface area (Å²) >= 11 is 0. The summed E-state index contributed by atoms with van der Waals surface area (Å²) in [5.74, 6) is 0.311. The van der Waals surface area contributed by atoms with Crippen LogP contribution in [-0.2, 0) is 12.8 Å². The van der Waals surface area contributed by atoms with Crippen molar-refractivity contribution in [2.24, 2.45) is 0 Å². The first kappa shape index (κ1) is 16.1. The van der Waals surface area contributed by atoms with Crippen molar-refractivity contribution in [1.29, 1.82) is 0 Å². The first-order chi connectivity index (χ1) is 10.6. The highest BCUT2D eigenvalue weighted by Gasteiger charge is 2.17. The molecule has 0 unspecified atom stereocenters. The molecule has 0 atom stereocenters. The Bertz CT molecular complexity index is 617. The number of carbonyl (C=O) groups excluding carboxylic acids is 1. The summed E-state index contributed by atoms with van der Waals surface area (Å²) in [5, 5.41) is 19.3. The summed E-state index contributed by atoms with van der Waals surface area (Å²) in [6.45, 7) is 4.09. The van der Waals surface area contributed by atoms with E-state index in [0.717, 1.165) is 36.8 Å². The van der Waals surface area contributed by atoms with Crippen molar-refractivity contribution in [3.05, 3.63) is 58.7 Å². The molecular formula is C19H22O3. The number of rotatable bonds is 6. The number of hydrogen-bond donors (Lipinski definition) is 2. The third kappa shape index (κ3) is 3.48. The lowest BCUT2D eigenvalue weighted by Gasteiger charge is -2.12. The minimum atomic E-state index is -0.0492. The average molecular weight is 298 g/mol. The fourth-order valence-electron chi connectivity index (χ4n) is 2.70. The quantitative estimate of drug-likeness (QED) is 0.784. The topological polar surface area (TPSA) is 57.5 Å². The highest BCUT2D eigenvalue weighted by atomic mass is 16.3. The summed E-state index contributed by atoms with van der Waals surface area (Å²) in [6.07, 6.45) is 3.30. The minimum absolute atomic E-state index is 0.0492. The number of phenols is 2. The second kappa shape index (κ2) is 7.12. The van der Waals surface area contributed by atoms with E-state index >= 15 is 0 Å². The number of aromatic hydroxyl groups is 2. The van der Waals surface area contributed by atoms with Crippen molar-refractivity contribution >= 4 is 5.78 Å². The van der Waals surface area contributed by atoms with Crippen LogP contribution in [0.25, 0.3) is 0 Å². The fraction of sp³-hybridized carbons (Fsp3) is 0.316. The number of ketones is 1. The van der Waals surface area contributed by atoms with E-state index in [1.54, 1.807) is 36.4 Å². The van der Waals surface area contributed by atoms with Crippen molar-refractivity contribution in [1.82, 2.24) is 0 Å². The summed E-state index contributed by atoms with van der Waals surface area (Å²) in [4.78, 5) is 12.9. The van der Waals surface area contributed by atoms with Crippen LogP contribution in [0.4, 0.5) is 0 Å². The Morgan fingerprint density at radius 1 is 0.818 bits per heavy atom. The molecule has 0 amide bonds. The molecule has 0 saturated heterocycles. The fourth-order valence-corrected chi connectivity index (χ4v) is 2.70. The largest absolute Gasteiger partial charge is 0.508 e. The van der Waals surface area contributed by atoms with Gasteiger partial charge < -0.3 is 10.2 Å². The van der Waals surface area contributed by atoms with Crippen LogP contribution in [-0.4, -0.2) is 16.0 Å². The van der Waals surface area contributed by atoms with E-state index in [0.29, 0.717) is 11.1 Å². The second-order valence-electron chi connectivity index (χ2n) is 5.51. The van der Waals surface area contributed by atoms with Gasteiger partial charge in [0.25, 0.3) is 0 Å².